The van der Waals surface area contributed by atoms with Crippen LogP contribution in [-0.4, -0.2) is 98.3 Å². The van der Waals surface area contributed by atoms with Crippen molar-refractivity contribution >= 4 is 40.5 Å². The largest absolute Gasteiger partial charge is 0.453 e. The Morgan fingerprint density at radius 1 is 0.786 bits per heavy atom. The van der Waals surface area contributed by atoms with E-state index >= 15 is 0 Å². The van der Waals surface area contributed by atoms with Crippen LogP contribution >= 0.6 is 0 Å². The van der Waals surface area contributed by atoms with Gasteiger partial charge in [0, 0.05) is 30.1 Å². The van der Waals surface area contributed by atoms with Crippen LogP contribution in [0.2, 0.25) is 0 Å². The highest BCUT2D eigenvalue weighted by atomic mass is 16.5. The number of benzene rings is 2. The Morgan fingerprint density at radius 2 is 1.43 bits per heavy atom. The molecule has 17 nitrogen and oxygen atoms in total. The third-order valence-electron chi connectivity index (χ3n) is 15.8. The number of H-pyrrole nitrogens is 2. The molecule has 10 rings (SSSR count). The van der Waals surface area contributed by atoms with E-state index < -0.39 is 30.3 Å². The molecule has 0 radical (unpaired) electrons. The lowest BCUT2D eigenvalue weighted by atomic mass is 9.78. The molecule has 0 bridgehead atoms. The standard InChI is InChI=1S/C53H63N9O8/c1-28(2)43(58-51(66)68-5)49(64)61-21-9-11-41(61)46-54-27-40(57-46)34-17-16-33(38-26-55-70-45(34)38)32-15-14-31(36-24-53(25-37(32)36)19-7-8-20-53)30-13-18-39-35(23-30)48(63)60-47(56-39)42-12-10-22-62(42)50(65)44(29(3)4)59-52(67)69-6/h13-15,17-18,23,26-29,33,41-44H,7-12,16,19-22,24-25H2,1-6H3,(H,54,57)(H,58,66)(H,59,67)(H,56,60,63)/t33?,41-,42-,43-,44-/m0/s1. The highest BCUT2D eigenvalue weighted by molar-refractivity contribution is 5.88. The molecule has 368 valence electrons. The summed E-state index contributed by atoms with van der Waals surface area (Å²) in [6.45, 7) is 8.61. The predicted molar refractivity (Wildman–Crippen MR) is 260 cm³/mol. The number of aromatic nitrogens is 5. The predicted octanol–water partition coefficient (Wildman–Crippen LogP) is 8.02. The molecular formula is C53H63N9O8. The zero-order chi connectivity index (χ0) is 49.0. The van der Waals surface area contributed by atoms with E-state index in [2.05, 4.69) is 50.0 Å². The van der Waals surface area contributed by atoms with Gasteiger partial charge < -0.3 is 44.4 Å². The Labute approximate surface area is 406 Å². The zero-order valence-electron chi connectivity index (χ0n) is 40.9. The van der Waals surface area contributed by atoms with E-state index in [0.717, 1.165) is 66.5 Å². The van der Waals surface area contributed by atoms with Gasteiger partial charge in [-0.3, -0.25) is 14.4 Å². The number of imidazole rings is 1. The van der Waals surface area contributed by atoms with Crippen LogP contribution in [0.1, 0.15) is 149 Å². The van der Waals surface area contributed by atoms with Crippen molar-refractivity contribution in [1.82, 2.24) is 45.5 Å². The van der Waals surface area contributed by atoms with Gasteiger partial charge in [-0.1, -0.05) is 70.0 Å². The first kappa shape index (κ1) is 46.9. The second-order valence-electron chi connectivity index (χ2n) is 20.7. The molecule has 70 heavy (non-hydrogen) atoms. The lowest BCUT2D eigenvalue weighted by molar-refractivity contribution is -0.136. The molecule has 4 N–H and O–H groups in total. The van der Waals surface area contributed by atoms with Crippen LogP contribution in [0.3, 0.4) is 0 Å². The van der Waals surface area contributed by atoms with Gasteiger partial charge in [-0.25, -0.2) is 19.6 Å². The smallest absolute Gasteiger partial charge is 0.407 e. The van der Waals surface area contributed by atoms with E-state index in [4.69, 9.17) is 24.0 Å². The van der Waals surface area contributed by atoms with Crippen molar-refractivity contribution in [1.29, 1.82) is 0 Å². The summed E-state index contributed by atoms with van der Waals surface area (Å²) in [7, 11) is 2.56. The maximum atomic E-state index is 14.0. The van der Waals surface area contributed by atoms with E-state index in [1.165, 1.54) is 56.6 Å². The van der Waals surface area contributed by atoms with Crippen LogP contribution in [0.25, 0.3) is 27.6 Å². The third-order valence-corrected chi connectivity index (χ3v) is 15.8. The fraction of sp³-hybridized carbons (Fsp3) is 0.509. The van der Waals surface area contributed by atoms with Crippen LogP contribution in [0, 0.1) is 17.3 Å². The van der Waals surface area contributed by atoms with E-state index in [1.807, 2.05) is 57.1 Å². The molecule has 2 saturated heterocycles. The van der Waals surface area contributed by atoms with Crippen LogP contribution < -0.4 is 16.2 Å². The number of hydrogen-bond donors (Lipinski definition) is 4. The summed E-state index contributed by atoms with van der Waals surface area (Å²) in [6.07, 6.45) is 15.0. The fourth-order valence-electron chi connectivity index (χ4n) is 12.2. The number of methoxy groups -OCH3 is 2. The van der Waals surface area contributed by atoms with Gasteiger partial charge in [-0.05, 0) is 115 Å². The number of allylic oxidation sites excluding steroid dienone is 1. The van der Waals surface area contributed by atoms with Gasteiger partial charge in [0.1, 0.15) is 23.7 Å². The van der Waals surface area contributed by atoms with Crippen LogP contribution in [-0.2, 0) is 31.9 Å². The minimum atomic E-state index is -0.779. The number of fused-ring (bicyclic) bond motifs is 3. The molecular weight excluding hydrogens is 891 g/mol. The maximum Gasteiger partial charge on any atom is 0.407 e. The molecule has 2 aliphatic heterocycles. The molecule has 1 saturated carbocycles. The molecule has 3 aliphatic carbocycles. The van der Waals surface area contributed by atoms with Gasteiger partial charge in [0.15, 0.2) is 5.76 Å². The molecule has 1 spiro atoms. The number of carbonyl (C=O) groups excluding carboxylic acids is 4. The number of nitrogens with zero attached hydrogens (tertiary/aromatic N) is 5. The van der Waals surface area contributed by atoms with Gasteiger partial charge in [-0.15, -0.1) is 0 Å². The van der Waals surface area contributed by atoms with Gasteiger partial charge in [-0.2, -0.15) is 0 Å². The summed E-state index contributed by atoms with van der Waals surface area (Å²) in [5.74, 6) is 1.13. The Balaban J connectivity index is 0.928. The minimum absolute atomic E-state index is 0.0149. The molecule has 2 aromatic carbocycles. The number of hydrogen-bond acceptors (Lipinski definition) is 11. The Kier molecular flexibility index (Phi) is 12.6. The van der Waals surface area contributed by atoms with Crippen molar-refractivity contribution in [3.8, 4) is 11.1 Å². The Bertz CT molecular complexity index is 2940. The quantitative estimate of drug-likeness (QED) is 0.0994. The summed E-state index contributed by atoms with van der Waals surface area (Å²) < 4.78 is 15.7. The van der Waals surface area contributed by atoms with Crippen LogP contribution in [0.15, 0.2) is 58.1 Å². The van der Waals surface area contributed by atoms with Gasteiger partial charge in [0.05, 0.1) is 55.3 Å². The van der Waals surface area contributed by atoms with E-state index in [0.29, 0.717) is 47.8 Å². The summed E-state index contributed by atoms with van der Waals surface area (Å²) in [5.41, 5.74) is 9.26. The first-order valence-corrected chi connectivity index (χ1v) is 25.0. The molecule has 4 amide bonds. The van der Waals surface area contributed by atoms with Crippen molar-refractivity contribution < 1.29 is 33.2 Å². The van der Waals surface area contributed by atoms with Crippen LogP contribution in [0.4, 0.5) is 9.59 Å². The van der Waals surface area contributed by atoms with Gasteiger partial charge in [0.2, 0.25) is 11.8 Å². The first-order valence-electron chi connectivity index (χ1n) is 25.0. The number of aromatic amines is 2. The van der Waals surface area contributed by atoms with Crippen molar-refractivity contribution in [2.45, 2.75) is 128 Å². The number of likely N-dealkylation sites (tertiary alicyclic amines) is 2. The summed E-state index contributed by atoms with van der Waals surface area (Å²) in [5, 5.41) is 10.3. The highest BCUT2D eigenvalue weighted by Gasteiger charge is 2.44. The number of carbonyl (C=O) groups is 4. The lowest BCUT2D eigenvalue weighted by Crippen LogP contribution is -2.51. The Morgan fingerprint density at radius 3 is 2.07 bits per heavy atom. The summed E-state index contributed by atoms with van der Waals surface area (Å²) >= 11 is 0. The van der Waals surface area contributed by atoms with Gasteiger partial charge in [0.25, 0.3) is 5.56 Å². The Hall–Kier alpha value is -6.78. The third kappa shape index (κ3) is 8.44. The SMILES string of the molecule is COC(=O)N[C@H](C(=O)N1CCC[C@H]1c1ncc(C2=CCC(c3ccc(-c4ccc5nc([C@@H]6CCCN6C(=O)[C@@H](NC(=O)OC)C(C)C)[nH]c(=O)c5c4)c4c3CC3(CCCC3)C4)c3cnoc32)[nH]1)C(C)C. The normalized spacial score (nSPS) is 21.3. The molecule has 3 fully saturated rings. The number of ether oxygens (including phenoxy) is 2. The lowest BCUT2D eigenvalue weighted by Gasteiger charge is -2.30. The molecule has 5 heterocycles. The molecule has 17 heteroatoms. The fourth-order valence-corrected chi connectivity index (χ4v) is 12.2. The van der Waals surface area contributed by atoms with E-state index in [1.54, 1.807) is 4.90 Å². The second-order valence-corrected chi connectivity index (χ2v) is 20.7. The van der Waals surface area contributed by atoms with E-state index in [9.17, 15) is 24.0 Å². The number of alkyl carbamates (subject to hydrolysis) is 2. The maximum absolute atomic E-state index is 14.0. The number of amides is 4. The molecule has 1 unspecified atom stereocenters. The van der Waals surface area contributed by atoms with Crippen LogP contribution in [0.5, 0.6) is 0 Å². The highest BCUT2D eigenvalue weighted by Crippen LogP contribution is 2.54. The van der Waals surface area contributed by atoms with Crippen molar-refractivity contribution in [3.05, 3.63) is 105 Å². The second kappa shape index (κ2) is 18.9. The molecule has 5 atom stereocenters. The van der Waals surface area contributed by atoms with Crippen molar-refractivity contribution in [2.75, 3.05) is 27.3 Å². The minimum Gasteiger partial charge on any atom is -0.453 e. The average molecular weight is 954 g/mol. The topological polar surface area (TPSA) is 218 Å². The van der Waals surface area contributed by atoms with Crippen molar-refractivity contribution in [2.24, 2.45) is 17.3 Å². The monoisotopic (exact) mass is 953 g/mol. The number of nitrogens with one attached hydrogen (secondary N) is 4. The van der Waals surface area contributed by atoms with Crippen molar-refractivity contribution in [3.63, 3.8) is 0 Å². The van der Waals surface area contributed by atoms with E-state index in [-0.39, 0.29) is 46.6 Å². The molecule has 5 aromatic rings. The number of rotatable bonds is 11. The molecule has 5 aliphatic rings. The summed E-state index contributed by atoms with van der Waals surface area (Å²) in [6, 6.07) is 8.23. The zero-order valence-corrected chi connectivity index (χ0v) is 40.9. The first-order chi connectivity index (χ1) is 33.8. The summed E-state index contributed by atoms with van der Waals surface area (Å²) in [4.78, 5) is 85.8. The average Bonchev–Trinajstić information content (AvgIpc) is 4.23. The van der Waals surface area contributed by atoms with Gasteiger partial charge >= 0.3 is 12.2 Å². The molecule has 3 aromatic heterocycles.